The monoisotopic (exact) mass is 282 g/mol. The summed E-state index contributed by atoms with van der Waals surface area (Å²) in [5.41, 5.74) is 0.823. The Morgan fingerprint density at radius 3 is 2.55 bits per heavy atom. The van der Waals surface area contributed by atoms with Gasteiger partial charge in [0.2, 0.25) is 0 Å². The molecule has 1 rings (SSSR count). The first-order chi connectivity index (χ1) is 9.58. The summed E-state index contributed by atoms with van der Waals surface area (Å²) in [7, 11) is 2.68. The van der Waals surface area contributed by atoms with Gasteiger partial charge in [-0.2, -0.15) is 0 Å². The minimum Gasteiger partial charge on any atom is -0.445 e. The molecule has 1 aromatic rings. The van der Waals surface area contributed by atoms with Crippen LogP contribution < -0.4 is 5.32 Å². The third kappa shape index (κ3) is 4.87. The number of hydrogen-bond donors (Lipinski definition) is 2. The number of likely N-dealkylation sites (N-methyl/N-ethyl adjacent to an activating group) is 1. The number of alkyl carbamates (subject to hydrolysis) is 1. The SMILES string of the molecule is CON(C)C(=O)[C@@H](CO)NC(=O)OCc1ccccc1. The van der Waals surface area contributed by atoms with E-state index >= 15 is 0 Å². The third-order valence-corrected chi connectivity index (χ3v) is 2.57. The molecule has 1 atom stereocenters. The molecular formula is C13H18N2O5. The minimum absolute atomic E-state index is 0.0825. The van der Waals surface area contributed by atoms with Crippen LogP contribution in [0, 0.1) is 0 Å². The fourth-order valence-electron chi connectivity index (χ4n) is 1.40. The van der Waals surface area contributed by atoms with Crippen LogP contribution in [-0.2, 0) is 21.0 Å². The van der Waals surface area contributed by atoms with E-state index in [0.29, 0.717) is 0 Å². The van der Waals surface area contributed by atoms with Gasteiger partial charge in [0.25, 0.3) is 5.91 Å². The minimum atomic E-state index is -1.11. The van der Waals surface area contributed by atoms with E-state index in [2.05, 4.69) is 10.2 Å². The van der Waals surface area contributed by atoms with Crippen molar-refractivity contribution in [2.45, 2.75) is 12.6 Å². The Labute approximate surface area is 117 Å². The average Bonchev–Trinajstić information content (AvgIpc) is 2.50. The standard InChI is InChI=1S/C13H18N2O5/c1-15(19-2)12(17)11(8-16)14-13(18)20-9-10-6-4-3-5-7-10/h3-7,11,16H,8-9H2,1-2H3,(H,14,18)/t11-/m1/s1. The van der Waals surface area contributed by atoms with Crippen LogP contribution in [0.2, 0.25) is 0 Å². The Kier molecular flexibility index (Phi) is 6.48. The Balaban J connectivity index is 2.45. The number of carbonyl (C=O) groups excluding carboxylic acids is 2. The zero-order valence-corrected chi connectivity index (χ0v) is 11.4. The molecule has 0 aliphatic heterocycles. The van der Waals surface area contributed by atoms with Crippen LogP contribution in [0.3, 0.4) is 0 Å². The predicted molar refractivity (Wildman–Crippen MR) is 70.4 cm³/mol. The molecule has 0 saturated heterocycles. The van der Waals surface area contributed by atoms with Crippen LogP contribution in [0.4, 0.5) is 4.79 Å². The van der Waals surface area contributed by atoms with Crippen molar-refractivity contribution in [3.05, 3.63) is 35.9 Å². The van der Waals surface area contributed by atoms with Crippen LogP contribution in [0.1, 0.15) is 5.56 Å². The Morgan fingerprint density at radius 1 is 1.35 bits per heavy atom. The van der Waals surface area contributed by atoms with E-state index in [9.17, 15) is 9.59 Å². The highest BCUT2D eigenvalue weighted by atomic mass is 16.7. The van der Waals surface area contributed by atoms with Crippen LogP contribution in [0.15, 0.2) is 30.3 Å². The maximum absolute atomic E-state index is 11.7. The number of ether oxygens (including phenoxy) is 1. The van der Waals surface area contributed by atoms with E-state index in [1.54, 1.807) is 12.1 Å². The molecule has 2 N–H and O–H groups in total. The number of amides is 2. The first-order valence-electron chi connectivity index (χ1n) is 5.98. The molecule has 0 aliphatic rings. The molecule has 0 aromatic heterocycles. The van der Waals surface area contributed by atoms with Gasteiger partial charge in [-0.15, -0.1) is 0 Å². The smallest absolute Gasteiger partial charge is 0.408 e. The largest absolute Gasteiger partial charge is 0.445 e. The van der Waals surface area contributed by atoms with Crippen LogP contribution >= 0.6 is 0 Å². The van der Waals surface area contributed by atoms with Gasteiger partial charge in [-0.1, -0.05) is 30.3 Å². The molecule has 0 saturated carbocycles. The lowest BCUT2D eigenvalue weighted by molar-refractivity contribution is -0.171. The molecular weight excluding hydrogens is 264 g/mol. The van der Waals surface area contributed by atoms with Gasteiger partial charge in [-0.25, -0.2) is 9.86 Å². The van der Waals surface area contributed by atoms with E-state index in [0.717, 1.165) is 10.6 Å². The summed E-state index contributed by atoms with van der Waals surface area (Å²) in [6, 6.07) is 8.00. The second kappa shape index (κ2) is 8.13. The maximum Gasteiger partial charge on any atom is 0.408 e. The van der Waals surface area contributed by atoms with Gasteiger partial charge in [0.1, 0.15) is 12.6 Å². The van der Waals surface area contributed by atoms with Crippen molar-refractivity contribution >= 4 is 12.0 Å². The molecule has 2 amide bonds. The molecule has 0 unspecified atom stereocenters. The molecule has 110 valence electrons. The molecule has 0 fully saturated rings. The van der Waals surface area contributed by atoms with E-state index in [4.69, 9.17) is 9.84 Å². The van der Waals surface area contributed by atoms with Gasteiger partial charge in [0.15, 0.2) is 0 Å². The van der Waals surface area contributed by atoms with Crippen molar-refractivity contribution in [3.63, 3.8) is 0 Å². The molecule has 7 nitrogen and oxygen atoms in total. The molecule has 0 bridgehead atoms. The molecule has 0 radical (unpaired) electrons. The summed E-state index contributed by atoms with van der Waals surface area (Å²) in [6.45, 7) is -0.466. The summed E-state index contributed by atoms with van der Waals surface area (Å²) in [5.74, 6) is -0.577. The number of aliphatic hydroxyl groups excluding tert-OH is 1. The van der Waals surface area contributed by atoms with E-state index in [-0.39, 0.29) is 6.61 Å². The highest BCUT2D eigenvalue weighted by molar-refractivity contribution is 5.84. The first-order valence-corrected chi connectivity index (χ1v) is 5.98. The lowest BCUT2D eigenvalue weighted by Gasteiger charge is -2.20. The number of hydroxylamine groups is 2. The quantitative estimate of drug-likeness (QED) is 0.732. The summed E-state index contributed by atoms with van der Waals surface area (Å²) in [5, 5.41) is 12.3. The first kappa shape index (κ1) is 15.9. The molecule has 0 heterocycles. The summed E-state index contributed by atoms with van der Waals surface area (Å²) < 4.78 is 4.95. The number of benzene rings is 1. The van der Waals surface area contributed by atoms with Crippen LogP contribution in [0.5, 0.6) is 0 Å². The summed E-state index contributed by atoms with van der Waals surface area (Å²) in [6.07, 6.45) is -0.786. The van der Waals surface area contributed by atoms with Crippen molar-refractivity contribution in [1.29, 1.82) is 0 Å². The average molecular weight is 282 g/mol. The number of hydrogen-bond acceptors (Lipinski definition) is 5. The maximum atomic E-state index is 11.7. The fourth-order valence-corrected chi connectivity index (χ4v) is 1.40. The van der Waals surface area contributed by atoms with Gasteiger partial charge >= 0.3 is 6.09 Å². The van der Waals surface area contributed by atoms with Crippen LogP contribution in [0.25, 0.3) is 0 Å². The van der Waals surface area contributed by atoms with Crippen molar-refractivity contribution < 1.29 is 24.3 Å². The third-order valence-electron chi connectivity index (χ3n) is 2.57. The van der Waals surface area contributed by atoms with Gasteiger partial charge < -0.3 is 15.2 Å². The zero-order valence-electron chi connectivity index (χ0n) is 11.4. The van der Waals surface area contributed by atoms with E-state index in [1.807, 2.05) is 18.2 Å². The molecule has 20 heavy (non-hydrogen) atoms. The Morgan fingerprint density at radius 2 is 2.00 bits per heavy atom. The lowest BCUT2D eigenvalue weighted by atomic mass is 10.2. The molecule has 0 spiro atoms. The second-order valence-corrected chi connectivity index (χ2v) is 3.96. The highest BCUT2D eigenvalue weighted by Gasteiger charge is 2.24. The Hall–Kier alpha value is -2.12. The highest BCUT2D eigenvalue weighted by Crippen LogP contribution is 2.01. The number of carbonyl (C=O) groups is 2. The topological polar surface area (TPSA) is 88.1 Å². The predicted octanol–water partition coefficient (Wildman–Crippen LogP) is 0.293. The van der Waals surface area contributed by atoms with Crippen molar-refractivity contribution in [2.24, 2.45) is 0 Å². The normalized spacial score (nSPS) is 11.6. The van der Waals surface area contributed by atoms with Gasteiger partial charge in [-0.05, 0) is 5.56 Å². The van der Waals surface area contributed by atoms with Gasteiger partial charge in [0.05, 0.1) is 13.7 Å². The zero-order chi connectivity index (χ0) is 15.0. The van der Waals surface area contributed by atoms with E-state index < -0.39 is 24.6 Å². The summed E-state index contributed by atoms with van der Waals surface area (Å²) >= 11 is 0. The number of rotatable bonds is 6. The fraction of sp³-hybridized carbons (Fsp3) is 0.385. The lowest BCUT2D eigenvalue weighted by Crippen LogP contribution is -2.49. The second-order valence-electron chi connectivity index (χ2n) is 3.96. The Bertz CT molecular complexity index is 438. The molecule has 0 aliphatic carbocycles. The van der Waals surface area contributed by atoms with Crippen molar-refractivity contribution in [3.8, 4) is 0 Å². The number of nitrogens with one attached hydrogen (secondary N) is 1. The molecule has 7 heteroatoms. The van der Waals surface area contributed by atoms with Crippen molar-refractivity contribution in [2.75, 3.05) is 20.8 Å². The van der Waals surface area contributed by atoms with Crippen LogP contribution in [-0.4, -0.2) is 49.0 Å². The molecule has 1 aromatic carbocycles. The number of nitrogens with zero attached hydrogens (tertiary/aromatic N) is 1. The number of aliphatic hydroxyl groups is 1. The van der Waals surface area contributed by atoms with Crippen molar-refractivity contribution in [1.82, 2.24) is 10.4 Å². The summed E-state index contributed by atoms with van der Waals surface area (Å²) in [4.78, 5) is 27.9. The van der Waals surface area contributed by atoms with Gasteiger partial charge in [-0.3, -0.25) is 9.63 Å². The van der Waals surface area contributed by atoms with Gasteiger partial charge in [0, 0.05) is 7.05 Å². The van der Waals surface area contributed by atoms with E-state index in [1.165, 1.54) is 14.2 Å².